The summed E-state index contributed by atoms with van der Waals surface area (Å²) in [4.78, 5) is 34.7. The SMILES string of the molecule is O=C(NC1CC1)C1CCN(C(=O)c2ccc(-c3cncnc3)cc2)CC1. The van der Waals surface area contributed by atoms with Gasteiger partial charge in [0.2, 0.25) is 5.91 Å². The number of carbonyl (C=O) groups is 2. The Hall–Kier alpha value is -2.76. The molecule has 1 aliphatic carbocycles. The topological polar surface area (TPSA) is 75.2 Å². The minimum Gasteiger partial charge on any atom is -0.353 e. The number of carbonyl (C=O) groups excluding carboxylic acids is 2. The molecular weight excluding hydrogens is 328 g/mol. The number of likely N-dealkylation sites (tertiary alicyclic amines) is 1. The van der Waals surface area contributed by atoms with E-state index in [4.69, 9.17) is 0 Å². The van der Waals surface area contributed by atoms with Gasteiger partial charge < -0.3 is 10.2 Å². The van der Waals surface area contributed by atoms with E-state index < -0.39 is 0 Å². The third-order valence-corrected chi connectivity index (χ3v) is 5.10. The van der Waals surface area contributed by atoms with Gasteiger partial charge in [0.25, 0.3) is 5.91 Å². The Morgan fingerprint density at radius 2 is 1.58 bits per heavy atom. The van der Waals surface area contributed by atoms with Crippen LogP contribution in [-0.2, 0) is 4.79 Å². The lowest BCUT2D eigenvalue weighted by molar-refractivity contribution is -0.126. The van der Waals surface area contributed by atoms with Gasteiger partial charge in [0.1, 0.15) is 6.33 Å². The number of aromatic nitrogens is 2. The minimum absolute atomic E-state index is 0.0295. The smallest absolute Gasteiger partial charge is 0.253 e. The summed E-state index contributed by atoms with van der Waals surface area (Å²) in [6, 6.07) is 7.92. The average molecular weight is 350 g/mol. The standard InChI is InChI=1S/C20H22N4O2/c25-19(23-18-5-6-18)15-7-9-24(10-8-15)20(26)16-3-1-14(2-4-16)17-11-21-13-22-12-17/h1-4,11-13,15,18H,5-10H2,(H,23,25). The molecule has 2 aliphatic rings. The zero-order valence-corrected chi connectivity index (χ0v) is 14.6. The van der Waals surface area contributed by atoms with Gasteiger partial charge in [-0.05, 0) is 43.4 Å². The largest absolute Gasteiger partial charge is 0.353 e. The number of benzene rings is 1. The van der Waals surface area contributed by atoms with Crippen LogP contribution in [0.1, 0.15) is 36.0 Å². The average Bonchev–Trinajstić information content (AvgIpc) is 3.52. The van der Waals surface area contributed by atoms with Crippen molar-refractivity contribution in [3.63, 3.8) is 0 Å². The van der Waals surface area contributed by atoms with Crippen molar-refractivity contribution in [3.05, 3.63) is 48.5 Å². The molecule has 0 atom stereocenters. The number of amides is 2. The Kier molecular flexibility index (Phi) is 4.65. The fourth-order valence-electron chi connectivity index (χ4n) is 3.33. The van der Waals surface area contributed by atoms with Crippen molar-refractivity contribution < 1.29 is 9.59 Å². The third kappa shape index (κ3) is 3.74. The highest BCUT2D eigenvalue weighted by molar-refractivity contribution is 5.95. The van der Waals surface area contributed by atoms with Crippen molar-refractivity contribution in [2.45, 2.75) is 31.7 Å². The van der Waals surface area contributed by atoms with Crippen molar-refractivity contribution in [3.8, 4) is 11.1 Å². The van der Waals surface area contributed by atoms with Gasteiger partial charge in [-0.15, -0.1) is 0 Å². The molecule has 1 aromatic carbocycles. The van der Waals surface area contributed by atoms with E-state index in [-0.39, 0.29) is 17.7 Å². The van der Waals surface area contributed by atoms with E-state index in [1.807, 2.05) is 29.2 Å². The maximum absolute atomic E-state index is 12.7. The van der Waals surface area contributed by atoms with Crippen LogP contribution in [0.4, 0.5) is 0 Å². The Morgan fingerprint density at radius 1 is 0.923 bits per heavy atom. The Labute approximate surface area is 152 Å². The fourth-order valence-corrected chi connectivity index (χ4v) is 3.33. The number of hydrogen-bond acceptors (Lipinski definition) is 4. The van der Waals surface area contributed by atoms with Crippen molar-refractivity contribution in [1.82, 2.24) is 20.2 Å². The molecule has 2 amide bonds. The lowest BCUT2D eigenvalue weighted by Gasteiger charge is -2.31. The van der Waals surface area contributed by atoms with E-state index in [0.29, 0.717) is 24.7 Å². The fraction of sp³-hybridized carbons (Fsp3) is 0.400. The quantitative estimate of drug-likeness (QED) is 0.918. The predicted octanol–water partition coefficient (Wildman–Crippen LogP) is 2.27. The first kappa shape index (κ1) is 16.7. The van der Waals surface area contributed by atoms with Crippen molar-refractivity contribution in [2.75, 3.05) is 13.1 Å². The van der Waals surface area contributed by atoms with Crippen molar-refractivity contribution in [2.24, 2.45) is 5.92 Å². The highest BCUT2D eigenvalue weighted by atomic mass is 16.2. The van der Waals surface area contributed by atoms with Crippen molar-refractivity contribution in [1.29, 1.82) is 0 Å². The van der Waals surface area contributed by atoms with Crippen LogP contribution in [0.3, 0.4) is 0 Å². The van der Waals surface area contributed by atoms with Crippen LogP contribution >= 0.6 is 0 Å². The van der Waals surface area contributed by atoms with Crippen LogP contribution in [0.15, 0.2) is 43.0 Å². The zero-order valence-electron chi connectivity index (χ0n) is 14.6. The van der Waals surface area contributed by atoms with Crippen LogP contribution in [0.5, 0.6) is 0 Å². The zero-order chi connectivity index (χ0) is 17.9. The molecule has 0 spiro atoms. The molecular formula is C20H22N4O2. The highest BCUT2D eigenvalue weighted by Gasteiger charge is 2.31. The molecule has 1 aromatic heterocycles. The number of rotatable bonds is 4. The summed E-state index contributed by atoms with van der Waals surface area (Å²) in [5.41, 5.74) is 2.58. The first-order chi connectivity index (χ1) is 12.7. The van der Waals surface area contributed by atoms with Gasteiger partial charge in [-0.2, -0.15) is 0 Å². The number of nitrogens with zero attached hydrogens (tertiary/aromatic N) is 3. The summed E-state index contributed by atoms with van der Waals surface area (Å²) in [5, 5.41) is 3.07. The van der Waals surface area contributed by atoms with Crippen LogP contribution in [-0.4, -0.2) is 45.8 Å². The number of hydrogen-bond donors (Lipinski definition) is 1. The molecule has 1 N–H and O–H groups in total. The maximum atomic E-state index is 12.7. The second-order valence-electron chi connectivity index (χ2n) is 7.05. The lowest BCUT2D eigenvalue weighted by atomic mass is 9.95. The van der Waals surface area contributed by atoms with E-state index in [9.17, 15) is 9.59 Å². The molecule has 2 fully saturated rings. The molecule has 0 bridgehead atoms. The molecule has 1 aliphatic heterocycles. The second-order valence-corrected chi connectivity index (χ2v) is 7.05. The van der Waals surface area contributed by atoms with E-state index >= 15 is 0 Å². The summed E-state index contributed by atoms with van der Waals surface area (Å²) in [7, 11) is 0. The molecule has 26 heavy (non-hydrogen) atoms. The van der Waals surface area contributed by atoms with Gasteiger partial charge in [-0.25, -0.2) is 9.97 Å². The first-order valence-electron chi connectivity index (χ1n) is 9.16. The molecule has 6 nitrogen and oxygen atoms in total. The highest BCUT2D eigenvalue weighted by Crippen LogP contribution is 2.24. The van der Waals surface area contributed by atoms with Gasteiger partial charge in [0.05, 0.1) is 0 Å². The molecule has 0 unspecified atom stereocenters. The molecule has 2 aromatic rings. The first-order valence-corrected chi connectivity index (χ1v) is 9.16. The van der Waals surface area contributed by atoms with Crippen LogP contribution in [0.25, 0.3) is 11.1 Å². The van der Waals surface area contributed by atoms with Crippen molar-refractivity contribution >= 4 is 11.8 Å². The van der Waals surface area contributed by atoms with Crippen LogP contribution in [0, 0.1) is 5.92 Å². The van der Waals surface area contributed by atoms with Gasteiger partial charge in [0, 0.05) is 48.6 Å². The third-order valence-electron chi connectivity index (χ3n) is 5.10. The summed E-state index contributed by atoms with van der Waals surface area (Å²) in [6.45, 7) is 1.27. The molecule has 4 rings (SSSR count). The monoisotopic (exact) mass is 350 g/mol. The Morgan fingerprint density at radius 3 is 2.19 bits per heavy atom. The molecule has 0 radical (unpaired) electrons. The maximum Gasteiger partial charge on any atom is 0.253 e. The number of nitrogens with one attached hydrogen (secondary N) is 1. The summed E-state index contributed by atoms with van der Waals surface area (Å²) >= 11 is 0. The second kappa shape index (κ2) is 7.23. The summed E-state index contributed by atoms with van der Waals surface area (Å²) < 4.78 is 0. The van der Waals surface area contributed by atoms with E-state index in [2.05, 4.69) is 15.3 Å². The molecule has 1 saturated carbocycles. The lowest BCUT2D eigenvalue weighted by Crippen LogP contribution is -2.43. The van der Waals surface area contributed by atoms with Crippen LogP contribution < -0.4 is 5.32 Å². The normalized spacial score (nSPS) is 17.8. The van der Waals surface area contributed by atoms with Gasteiger partial charge in [-0.1, -0.05) is 12.1 Å². The number of piperidine rings is 1. The molecule has 134 valence electrons. The molecule has 2 heterocycles. The van der Waals surface area contributed by atoms with Gasteiger partial charge in [-0.3, -0.25) is 9.59 Å². The molecule has 1 saturated heterocycles. The van der Waals surface area contributed by atoms with Gasteiger partial charge >= 0.3 is 0 Å². The van der Waals surface area contributed by atoms with Gasteiger partial charge in [0.15, 0.2) is 0 Å². The summed E-state index contributed by atoms with van der Waals surface area (Å²) in [5.74, 6) is 0.232. The summed E-state index contributed by atoms with van der Waals surface area (Å²) in [6.07, 6.45) is 8.69. The predicted molar refractivity (Wildman–Crippen MR) is 97.3 cm³/mol. The van der Waals surface area contributed by atoms with E-state index in [1.54, 1.807) is 12.4 Å². The molecule has 6 heteroatoms. The Balaban J connectivity index is 1.35. The van der Waals surface area contributed by atoms with Crippen LogP contribution in [0.2, 0.25) is 0 Å². The minimum atomic E-state index is 0.0295. The van der Waals surface area contributed by atoms with E-state index in [1.165, 1.54) is 6.33 Å². The Bertz CT molecular complexity index is 779. The van der Waals surface area contributed by atoms with E-state index in [0.717, 1.165) is 36.8 Å².